The number of rotatable bonds is 5. The molecule has 0 saturated heterocycles. The Bertz CT molecular complexity index is 526. The minimum atomic E-state index is -0.695. The van der Waals surface area contributed by atoms with Crippen LogP contribution in [0.1, 0.15) is 37.7 Å². The summed E-state index contributed by atoms with van der Waals surface area (Å²) in [6.45, 7) is 0. The highest BCUT2D eigenvalue weighted by Gasteiger charge is 2.27. The molecule has 4 nitrogen and oxygen atoms in total. The number of amides is 1. The van der Waals surface area contributed by atoms with Crippen LogP contribution in [-0.2, 0) is 20.7 Å². The lowest BCUT2D eigenvalue weighted by atomic mass is 9.88. The molecule has 0 aromatic heterocycles. The van der Waals surface area contributed by atoms with E-state index in [1.165, 1.54) is 13.5 Å². The zero-order chi connectivity index (χ0) is 15.9. The van der Waals surface area contributed by atoms with Gasteiger partial charge in [0.25, 0.3) is 0 Å². The van der Waals surface area contributed by atoms with Crippen molar-refractivity contribution in [2.45, 2.75) is 44.6 Å². The average Bonchev–Trinajstić information content (AvgIpc) is 2.56. The molecule has 22 heavy (non-hydrogen) atoms. The van der Waals surface area contributed by atoms with E-state index < -0.39 is 12.0 Å². The second-order valence-corrected chi connectivity index (χ2v) is 6.12. The van der Waals surface area contributed by atoms with Crippen molar-refractivity contribution < 1.29 is 14.3 Å². The van der Waals surface area contributed by atoms with E-state index in [-0.39, 0.29) is 11.8 Å². The maximum absolute atomic E-state index is 12.4. The first-order valence-electron chi connectivity index (χ1n) is 7.73. The van der Waals surface area contributed by atoms with Gasteiger partial charge >= 0.3 is 5.97 Å². The van der Waals surface area contributed by atoms with Crippen LogP contribution < -0.4 is 5.32 Å². The number of halogens is 1. The van der Waals surface area contributed by atoms with Crippen LogP contribution >= 0.6 is 11.6 Å². The van der Waals surface area contributed by atoms with Crippen molar-refractivity contribution in [3.05, 3.63) is 34.9 Å². The Morgan fingerprint density at radius 2 is 1.95 bits per heavy atom. The first-order chi connectivity index (χ1) is 10.6. The van der Waals surface area contributed by atoms with E-state index in [1.54, 1.807) is 6.07 Å². The molecule has 1 saturated carbocycles. The Kier molecular flexibility index (Phi) is 6.25. The fourth-order valence-electron chi connectivity index (χ4n) is 2.87. The molecule has 1 fully saturated rings. The van der Waals surface area contributed by atoms with E-state index in [0.717, 1.165) is 31.2 Å². The van der Waals surface area contributed by atoms with Gasteiger partial charge in [-0.1, -0.05) is 49.1 Å². The third kappa shape index (κ3) is 4.47. The Labute approximate surface area is 136 Å². The zero-order valence-corrected chi connectivity index (χ0v) is 13.6. The van der Waals surface area contributed by atoms with Gasteiger partial charge < -0.3 is 10.1 Å². The van der Waals surface area contributed by atoms with Crippen molar-refractivity contribution >= 4 is 23.5 Å². The number of carbonyl (C=O) groups is 2. The van der Waals surface area contributed by atoms with Gasteiger partial charge in [-0.2, -0.15) is 0 Å². The van der Waals surface area contributed by atoms with Crippen LogP contribution in [-0.4, -0.2) is 25.0 Å². The fraction of sp³-hybridized carbons (Fsp3) is 0.529. The maximum atomic E-state index is 12.4. The van der Waals surface area contributed by atoms with E-state index in [9.17, 15) is 9.59 Å². The molecule has 5 heteroatoms. The Morgan fingerprint density at radius 1 is 1.27 bits per heavy atom. The molecule has 1 aromatic carbocycles. The topological polar surface area (TPSA) is 55.4 Å². The van der Waals surface area contributed by atoms with E-state index in [2.05, 4.69) is 5.32 Å². The highest BCUT2D eigenvalue weighted by Crippen LogP contribution is 2.24. The van der Waals surface area contributed by atoms with Crippen LogP contribution in [0.3, 0.4) is 0 Å². The SMILES string of the molecule is COC(=O)[C@@H](Cc1ccccc1Cl)NC(=O)C1CCCCC1. The lowest BCUT2D eigenvalue weighted by molar-refractivity contribution is -0.145. The third-order valence-electron chi connectivity index (χ3n) is 4.16. The smallest absolute Gasteiger partial charge is 0.328 e. The van der Waals surface area contributed by atoms with Crippen molar-refractivity contribution in [1.82, 2.24) is 5.32 Å². The fourth-order valence-corrected chi connectivity index (χ4v) is 3.09. The van der Waals surface area contributed by atoms with Crippen LogP contribution in [0, 0.1) is 5.92 Å². The summed E-state index contributed by atoms with van der Waals surface area (Å²) in [6.07, 6.45) is 5.46. The number of nitrogens with one attached hydrogen (secondary N) is 1. The normalized spacial score (nSPS) is 16.8. The summed E-state index contributed by atoms with van der Waals surface area (Å²) in [4.78, 5) is 24.3. The number of esters is 1. The van der Waals surface area contributed by atoms with Gasteiger partial charge in [-0.15, -0.1) is 0 Å². The molecule has 0 unspecified atom stereocenters. The molecule has 0 radical (unpaired) electrons. The van der Waals surface area contributed by atoms with Crippen LogP contribution in [0.25, 0.3) is 0 Å². The number of ether oxygens (including phenoxy) is 1. The second-order valence-electron chi connectivity index (χ2n) is 5.71. The Balaban J connectivity index is 2.04. The number of carbonyl (C=O) groups excluding carboxylic acids is 2. The van der Waals surface area contributed by atoms with Gasteiger partial charge in [0.15, 0.2) is 0 Å². The predicted octanol–water partition coefficient (Wildman–Crippen LogP) is 3.12. The first-order valence-corrected chi connectivity index (χ1v) is 8.11. The van der Waals surface area contributed by atoms with E-state index in [4.69, 9.17) is 16.3 Å². The van der Waals surface area contributed by atoms with Crippen LogP contribution in [0.5, 0.6) is 0 Å². The van der Waals surface area contributed by atoms with E-state index >= 15 is 0 Å². The lowest BCUT2D eigenvalue weighted by Crippen LogP contribution is -2.45. The van der Waals surface area contributed by atoms with Crippen LogP contribution in [0.2, 0.25) is 5.02 Å². The molecule has 1 atom stereocenters. The number of methoxy groups -OCH3 is 1. The van der Waals surface area contributed by atoms with Crippen LogP contribution in [0.15, 0.2) is 24.3 Å². The molecular formula is C17H22ClNO3. The van der Waals surface area contributed by atoms with Crippen molar-refractivity contribution in [2.75, 3.05) is 7.11 Å². The molecule has 0 heterocycles. The Morgan fingerprint density at radius 3 is 2.59 bits per heavy atom. The minimum Gasteiger partial charge on any atom is -0.467 e. The Hall–Kier alpha value is -1.55. The van der Waals surface area contributed by atoms with Gasteiger partial charge in [-0.25, -0.2) is 4.79 Å². The molecule has 1 N–H and O–H groups in total. The average molecular weight is 324 g/mol. The lowest BCUT2D eigenvalue weighted by Gasteiger charge is -2.24. The summed E-state index contributed by atoms with van der Waals surface area (Å²) in [5.41, 5.74) is 0.823. The van der Waals surface area contributed by atoms with Crippen LogP contribution in [0.4, 0.5) is 0 Å². The van der Waals surface area contributed by atoms with Gasteiger partial charge in [0.1, 0.15) is 6.04 Å². The first kappa shape index (κ1) is 16.8. The molecule has 1 aromatic rings. The summed E-state index contributed by atoms with van der Waals surface area (Å²) < 4.78 is 4.82. The zero-order valence-electron chi connectivity index (χ0n) is 12.8. The summed E-state index contributed by atoms with van der Waals surface area (Å²) in [5.74, 6) is -0.488. The van der Waals surface area contributed by atoms with Gasteiger partial charge in [0.2, 0.25) is 5.91 Å². The molecule has 1 aliphatic rings. The van der Waals surface area contributed by atoms with E-state index in [1.807, 2.05) is 18.2 Å². The van der Waals surface area contributed by atoms with E-state index in [0.29, 0.717) is 11.4 Å². The molecule has 0 spiro atoms. The highest BCUT2D eigenvalue weighted by molar-refractivity contribution is 6.31. The van der Waals surface area contributed by atoms with Crippen molar-refractivity contribution in [3.8, 4) is 0 Å². The number of hydrogen-bond donors (Lipinski definition) is 1. The maximum Gasteiger partial charge on any atom is 0.328 e. The standard InChI is InChI=1S/C17H22ClNO3/c1-22-17(21)15(11-13-9-5-6-10-14(13)18)19-16(20)12-7-3-2-4-8-12/h5-6,9-10,12,15H,2-4,7-8,11H2,1H3,(H,19,20)/t15-/m1/s1. The minimum absolute atomic E-state index is 0.00662. The highest BCUT2D eigenvalue weighted by atomic mass is 35.5. The molecular weight excluding hydrogens is 302 g/mol. The molecule has 1 amide bonds. The number of benzene rings is 1. The van der Waals surface area contributed by atoms with Crippen molar-refractivity contribution in [1.29, 1.82) is 0 Å². The summed E-state index contributed by atoms with van der Waals surface area (Å²) in [6, 6.07) is 6.62. The van der Waals surface area contributed by atoms with Gasteiger partial charge in [0, 0.05) is 17.4 Å². The summed E-state index contributed by atoms with van der Waals surface area (Å²) in [7, 11) is 1.33. The second kappa shape index (κ2) is 8.18. The monoisotopic (exact) mass is 323 g/mol. The molecule has 2 rings (SSSR count). The predicted molar refractivity (Wildman–Crippen MR) is 85.7 cm³/mol. The number of hydrogen-bond acceptors (Lipinski definition) is 3. The van der Waals surface area contributed by atoms with Gasteiger partial charge in [-0.05, 0) is 24.5 Å². The quantitative estimate of drug-likeness (QED) is 0.847. The largest absolute Gasteiger partial charge is 0.467 e. The molecule has 0 aliphatic heterocycles. The summed E-state index contributed by atoms with van der Waals surface area (Å²) >= 11 is 6.14. The van der Waals surface area contributed by atoms with Gasteiger partial charge in [-0.3, -0.25) is 4.79 Å². The summed E-state index contributed by atoms with van der Waals surface area (Å²) in [5, 5.41) is 3.43. The van der Waals surface area contributed by atoms with Gasteiger partial charge in [0.05, 0.1) is 7.11 Å². The third-order valence-corrected chi connectivity index (χ3v) is 4.53. The van der Waals surface area contributed by atoms with Crippen molar-refractivity contribution in [3.63, 3.8) is 0 Å². The van der Waals surface area contributed by atoms with Crippen molar-refractivity contribution in [2.24, 2.45) is 5.92 Å². The molecule has 0 bridgehead atoms. The molecule has 120 valence electrons. The molecule has 1 aliphatic carbocycles.